The molecule has 4 nitrogen and oxygen atoms in total. The number of anilines is 2. The van der Waals surface area contributed by atoms with Gasteiger partial charge in [-0.05, 0) is 87.8 Å². The number of hydrogen-bond donors (Lipinski definition) is 1. The van der Waals surface area contributed by atoms with Gasteiger partial charge in [0.25, 0.3) is 0 Å². The quantitative estimate of drug-likeness (QED) is 0.300. The Kier molecular flexibility index (Phi) is 6.28. The van der Waals surface area contributed by atoms with Crippen LogP contribution in [0, 0.1) is 6.92 Å². The van der Waals surface area contributed by atoms with Crippen molar-refractivity contribution in [2.45, 2.75) is 33.2 Å². The van der Waals surface area contributed by atoms with Gasteiger partial charge in [0.05, 0.1) is 17.7 Å². The Balaban J connectivity index is 1.58. The van der Waals surface area contributed by atoms with Crippen LogP contribution in [0.2, 0.25) is 5.02 Å². The Morgan fingerprint density at radius 1 is 1.09 bits per heavy atom. The summed E-state index contributed by atoms with van der Waals surface area (Å²) >= 11 is 7.80. The highest BCUT2D eigenvalue weighted by Gasteiger charge is 2.16. The zero-order valence-corrected chi connectivity index (χ0v) is 20.5. The van der Waals surface area contributed by atoms with Crippen LogP contribution in [0.25, 0.3) is 20.2 Å². The second-order valence-corrected chi connectivity index (χ2v) is 10.1. The minimum Gasteiger partial charge on any atom is -0.494 e. The summed E-state index contributed by atoms with van der Waals surface area (Å²) in [6.07, 6.45) is 2.51. The molecule has 0 saturated carbocycles. The van der Waals surface area contributed by atoms with E-state index in [1.54, 1.807) is 17.4 Å². The van der Waals surface area contributed by atoms with Crippen LogP contribution in [0.15, 0.2) is 53.3 Å². The van der Waals surface area contributed by atoms with Crippen molar-refractivity contribution in [3.8, 4) is 5.75 Å². The molecule has 3 aromatic carbocycles. The first-order chi connectivity index (χ1) is 16.0. The van der Waals surface area contributed by atoms with Crippen LogP contribution in [0.4, 0.5) is 11.4 Å². The molecule has 4 aromatic rings. The molecule has 5 rings (SSSR count). The predicted octanol–water partition coefficient (Wildman–Crippen LogP) is 7.11. The second-order valence-electron chi connectivity index (χ2n) is 8.57. The summed E-state index contributed by atoms with van der Waals surface area (Å²) in [4.78, 5) is 16.0. The van der Waals surface area contributed by atoms with Crippen LogP contribution >= 0.6 is 22.9 Å². The highest BCUT2D eigenvalue weighted by atomic mass is 35.5. The fourth-order valence-corrected chi connectivity index (χ4v) is 6.02. The maximum absolute atomic E-state index is 13.5. The van der Waals surface area contributed by atoms with Gasteiger partial charge in [0.15, 0.2) is 5.43 Å². The van der Waals surface area contributed by atoms with Gasteiger partial charge in [0, 0.05) is 37.6 Å². The van der Waals surface area contributed by atoms with Crippen LogP contribution in [-0.4, -0.2) is 24.6 Å². The summed E-state index contributed by atoms with van der Waals surface area (Å²) in [6.45, 7) is 7.83. The SMILES string of the molecule is CCOc1ccc(Nc2ccc(C)c3sc4cc(Cl)ccc4c(=O)c23)cc1CN1CCCC1. The standard InChI is InChI=1S/C27H27ClN2O2S/c1-3-32-23-11-8-20(14-18(23)16-30-12-4-5-13-30)29-22-10-6-17(2)27-25(22)26(31)21-9-7-19(28)15-24(21)33-27/h6-11,14-15,29H,3-5,12-13,16H2,1-2H3. The average molecular weight is 479 g/mol. The van der Waals surface area contributed by atoms with E-state index in [0.29, 0.717) is 17.0 Å². The zero-order valence-electron chi connectivity index (χ0n) is 18.9. The van der Waals surface area contributed by atoms with E-state index in [9.17, 15) is 4.79 Å². The number of nitrogens with one attached hydrogen (secondary N) is 1. The van der Waals surface area contributed by atoms with E-state index >= 15 is 0 Å². The Morgan fingerprint density at radius 3 is 2.70 bits per heavy atom. The zero-order chi connectivity index (χ0) is 22.9. The summed E-state index contributed by atoms with van der Waals surface area (Å²) in [5.74, 6) is 0.929. The van der Waals surface area contributed by atoms with Gasteiger partial charge >= 0.3 is 0 Å². The Hall–Kier alpha value is -2.60. The third-order valence-corrected chi connectivity index (χ3v) is 7.74. The monoisotopic (exact) mass is 478 g/mol. The Labute approximate surface area is 202 Å². The van der Waals surface area contributed by atoms with E-state index in [-0.39, 0.29) is 5.43 Å². The summed E-state index contributed by atoms with van der Waals surface area (Å²) in [7, 11) is 0. The van der Waals surface area contributed by atoms with Crippen molar-refractivity contribution >= 4 is 54.5 Å². The summed E-state index contributed by atoms with van der Waals surface area (Å²) < 4.78 is 7.80. The van der Waals surface area contributed by atoms with Gasteiger partial charge in [-0.3, -0.25) is 9.69 Å². The lowest BCUT2D eigenvalue weighted by Gasteiger charge is -2.19. The molecule has 0 spiro atoms. The number of hydrogen-bond acceptors (Lipinski definition) is 5. The molecule has 170 valence electrons. The number of rotatable bonds is 6. The molecule has 1 aliphatic heterocycles. The number of halogens is 1. The number of aryl methyl sites for hydroxylation is 1. The fraction of sp³-hybridized carbons (Fsp3) is 0.296. The number of nitrogens with zero attached hydrogens (tertiary/aromatic N) is 1. The van der Waals surface area contributed by atoms with Crippen LogP contribution in [0.1, 0.15) is 30.9 Å². The van der Waals surface area contributed by atoms with Crippen molar-refractivity contribution in [2.24, 2.45) is 0 Å². The summed E-state index contributed by atoms with van der Waals surface area (Å²) in [6, 6.07) is 15.8. The first-order valence-corrected chi connectivity index (χ1v) is 12.6. The predicted molar refractivity (Wildman–Crippen MR) is 141 cm³/mol. The van der Waals surface area contributed by atoms with Gasteiger partial charge in [-0.15, -0.1) is 11.3 Å². The van der Waals surface area contributed by atoms with Gasteiger partial charge in [0.1, 0.15) is 5.75 Å². The smallest absolute Gasteiger partial charge is 0.197 e. The van der Waals surface area contributed by atoms with Crippen molar-refractivity contribution in [2.75, 3.05) is 25.0 Å². The van der Waals surface area contributed by atoms with E-state index in [2.05, 4.69) is 22.3 Å². The average Bonchev–Trinajstić information content (AvgIpc) is 3.31. The normalized spacial score (nSPS) is 14.3. The second kappa shape index (κ2) is 9.34. The summed E-state index contributed by atoms with van der Waals surface area (Å²) in [5, 5.41) is 5.60. The van der Waals surface area contributed by atoms with Crippen LogP contribution < -0.4 is 15.5 Å². The fourth-order valence-electron chi connectivity index (χ4n) is 4.58. The molecule has 0 bridgehead atoms. The highest BCUT2D eigenvalue weighted by molar-refractivity contribution is 7.24. The third kappa shape index (κ3) is 4.45. The van der Waals surface area contributed by atoms with Gasteiger partial charge < -0.3 is 10.1 Å². The lowest BCUT2D eigenvalue weighted by Crippen LogP contribution is -2.19. The van der Waals surface area contributed by atoms with Gasteiger partial charge in [-0.25, -0.2) is 0 Å². The minimum absolute atomic E-state index is 0.0323. The number of fused-ring (bicyclic) bond motifs is 2. The summed E-state index contributed by atoms with van der Waals surface area (Å²) in [5.41, 5.74) is 4.07. The minimum atomic E-state index is 0.0323. The third-order valence-electron chi connectivity index (χ3n) is 6.21. The van der Waals surface area contributed by atoms with Crippen molar-refractivity contribution in [3.05, 3.63) is 74.9 Å². The first-order valence-electron chi connectivity index (χ1n) is 11.4. The number of ether oxygens (including phenoxy) is 1. The number of benzene rings is 3. The Bertz CT molecular complexity index is 1390. The topological polar surface area (TPSA) is 41.6 Å². The molecule has 1 aromatic heterocycles. The molecule has 1 saturated heterocycles. The maximum Gasteiger partial charge on any atom is 0.197 e. The Morgan fingerprint density at radius 2 is 1.91 bits per heavy atom. The largest absolute Gasteiger partial charge is 0.494 e. The lowest BCUT2D eigenvalue weighted by molar-refractivity contribution is 0.305. The molecule has 1 fully saturated rings. The van der Waals surface area contributed by atoms with E-state index < -0.39 is 0 Å². The van der Waals surface area contributed by atoms with E-state index in [4.69, 9.17) is 16.3 Å². The molecule has 33 heavy (non-hydrogen) atoms. The molecule has 0 aliphatic carbocycles. The van der Waals surface area contributed by atoms with Crippen LogP contribution in [0.3, 0.4) is 0 Å². The molecule has 0 atom stereocenters. The maximum atomic E-state index is 13.5. The van der Waals surface area contributed by atoms with Crippen molar-refractivity contribution < 1.29 is 4.74 Å². The number of likely N-dealkylation sites (tertiary alicyclic amines) is 1. The highest BCUT2D eigenvalue weighted by Crippen LogP contribution is 2.35. The molecule has 1 N–H and O–H groups in total. The molecular formula is C27H27ClN2O2S. The van der Waals surface area contributed by atoms with Gasteiger partial charge in [-0.2, -0.15) is 0 Å². The van der Waals surface area contributed by atoms with Crippen molar-refractivity contribution in [3.63, 3.8) is 0 Å². The van der Waals surface area contributed by atoms with E-state index in [1.807, 2.05) is 44.2 Å². The molecule has 0 amide bonds. The molecule has 6 heteroatoms. The molecule has 0 radical (unpaired) electrons. The van der Waals surface area contributed by atoms with Gasteiger partial charge in [-0.1, -0.05) is 17.7 Å². The van der Waals surface area contributed by atoms with Crippen molar-refractivity contribution in [1.82, 2.24) is 4.90 Å². The molecule has 1 aliphatic rings. The van der Waals surface area contributed by atoms with E-state index in [1.165, 1.54) is 18.4 Å². The van der Waals surface area contributed by atoms with Crippen LogP contribution in [-0.2, 0) is 6.54 Å². The molecular weight excluding hydrogens is 452 g/mol. The van der Waals surface area contributed by atoms with E-state index in [0.717, 1.165) is 57.1 Å². The van der Waals surface area contributed by atoms with Crippen molar-refractivity contribution in [1.29, 1.82) is 0 Å². The van der Waals surface area contributed by atoms with Gasteiger partial charge in [0.2, 0.25) is 0 Å². The molecule has 0 unspecified atom stereocenters. The van der Waals surface area contributed by atoms with Crippen LogP contribution in [0.5, 0.6) is 5.75 Å². The molecule has 2 heterocycles. The first kappa shape index (κ1) is 22.2. The lowest BCUT2D eigenvalue weighted by atomic mass is 10.1.